The van der Waals surface area contributed by atoms with Crippen molar-refractivity contribution in [3.05, 3.63) is 64.9 Å². The van der Waals surface area contributed by atoms with Crippen molar-refractivity contribution in [1.29, 1.82) is 0 Å². The number of Topliss-reactive ketones (excluding diaryl/α,β-unsaturated/α-hetero) is 1. The van der Waals surface area contributed by atoms with E-state index in [1.807, 2.05) is 32.0 Å². The van der Waals surface area contributed by atoms with Gasteiger partial charge in [0.2, 0.25) is 5.91 Å². The van der Waals surface area contributed by atoms with E-state index in [-0.39, 0.29) is 41.8 Å². The van der Waals surface area contributed by atoms with Crippen LogP contribution in [-0.2, 0) is 9.59 Å². The first-order valence-electron chi connectivity index (χ1n) is 10.5. The van der Waals surface area contributed by atoms with Crippen molar-refractivity contribution in [2.75, 3.05) is 7.11 Å². The van der Waals surface area contributed by atoms with Crippen molar-refractivity contribution in [3.63, 3.8) is 0 Å². The van der Waals surface area contributed by atoms with Crippen LogP contribution in [0.4, 0.5) is 0 Å². The molecular weight excluding hydrogens is 394 g/mol. The second-order valence-electron chi connectivity index (χ2n) is 8.39. The average molecular weight is 421 g/mol. The standard InChI is InChI=1S/C25H27NO5/c1-14(2)31-22-9-6-16(12-23(22)30-3)17-10-20-25(21(28)11-17)19(13-24(29)26-20)15-4-7-18(27)8-5-15/h4-9,12,14,17,19,27H,10-11,13H2,1-3H3,(H,26,29)/t17-,19-/m1/s1. The van der Waals surface area contributed by atoms with Crippen LogP contribution in [0.3, 0.4) is 0 Å². The van der Waals surface area contributed by atoms with Crippen LogP contribution < -0.4 is 14.8 Å². The number of rotatable bonds is 5. The van der Waals surface area contributed by atoms with Gasteiger partial charge in [-0.2, -0.15) is 0 Å². The number of allylic oxidation sites excluding steroid dienone is 2. The molecule has 0 saturated heterocycles. The maximum absolute atomic E-state index is 13.2. The average Bonchev–Trinajstić information content (AvgIpc) is 2.73. The molecule has 2 aromatic rings. The predicted octanol–water partition coefficient (Wildman–Crippen LogP) is 4.19. The van der Waals surface area contributed by atoms with Crippen molar-refractivity contribution >= 4 is 11.7 Å². The fourth-order valence-corrected chi connectivity index (χ4v) is 4.48. The van der Waals surface area contributed by atoms with Gasteiger partial charge in [0.1, 0.15) is 5.75 Å². The van der Waals surface area contributed by atoms with E-state index in [4.69, 9.17) is 9.47 Å². The first-order valence-corrected chi connectivity index (χ1v) is 10.5. The second-order valence-corrected chi connectivity index (χ2v) is 8.39. The van der Waals surface area contributed by atoms with Crippen molar-refractivity contribution < 1.29 is 24.2 Å². The number of ether oxygens (including phenoxy) is 2. The number of hydrogen-bond donors (Lipinski definition) is 2. The Kier molecular flexibility index (Phi) is 5.72. The van der Waals surface area contributed by atoms with Crippen LogP contribution in [0.2, 0.25) is 0 Å². The topological polar surface area (TPSA) is 84.9 Å². The molecule has 6 heteroatoms. The summed E-state index contributed by atoms with van der Waals surface area (Å²) in [6.45, 7) is 3.91. The van der Waals surface area contributed by atoms with Crippen LogP contribution in [0.5, 0.6) is 17.2 Å². The minimum atomic E-state index is -0.283. The van der Waals surface area contributed by atoms with Gasteiger partial charge in [0.15, 0.2) is 17.3 Å². The predicted molar refractivity (Wildman–Crippen MR) is 116 cm³/mol. The molecule has 0 unspecified atom stereocenters. The largest absolute Gasteiger partial charge is 0.508 e. The smallest absolute Gasteiger partial charge is 0.225 e. The third kappa shape index (κ3) is 4.29. The summed E-state index contributed by atoms with van der Waals surface area (Å²) in [4.78, 5) is 25.6. The van der Waals surface area contributed by atoms with Crippen LogP contribution in [0, 0.1) is 0 Å². The lowest BCUT2D eigenvalue weighted by atomic mass is 9.73. The van der Waals surface area contributed by atoms with Crippen LogP contribution in [0.15, 0.2) is 53.7 Å². The zero-order chi connectivity index (χ0) is 22.1. The van der Waals surface area contributed by atoms with Gasteiger partial charge in [-0.25, -0.2) is 0 Å². The summed E-state index contributed by atoms with van der Waals surface area (Å²) in [5.74, 6) is 1.08. The Morgan fingerprint density at radius 2 is 1.68 bits per heavy atom. The highest BCUT2D eigenvalue weighted by Crippen LogP contribution is 2.44. The molecule has 1 amide bonds. The molecule has 2 atom stereocenters. The number of carbonyl (C=O) groups is 2. The number of phenols is 1. The molecule has 0 spiro atoms. The maximum Gasteiger partial charge on any atom is 0.225 e. The first kappa shape index (κ1) is 21.0. The summed E-state index contributed by atoms with van der Waals surface area (Å²) in [6, 6.07) is 12.5. The molecule has 6 nitrogen and oxygen atoms in total. The van der Waals surface area contributed by atoms with Crippen LogP contribution >= 0.6 is 0 Å². The third-order valence-electron chi connectivity index (χ3n) is 5.85. The Bertz CT molecular complexity index is 1040. The van der Waals surface area contributed by atoms with Gasteiger partial charge in [0.25, 0.3) is 0 Å². The van der Waals surface area contributed by atoms with E-state index < -0.39 is 0 Å². The molecule has 2 N–H and O–H groups in total. The zero-order valence-electron chi connectivity index (χ0n) is 18.0. The van der Waals surface area contributed by atoms with E-state index in [1.165, 1.54) is 0 Å². The van der Waals surface area contributed by atoms with E-state index in [0.717, 1.165) is 11.1 Å². The lowest BCUT2D eigenvalue weighted by Gasteiger charge is -2.34. The van der Waals surface area contributed by atoms with E-state index in [1.54, 1.807) is 31.4 Å². The first-order chi connectivity index (χ1) is 14.9. The number of methoxy groups -OCH3 is 1. The maximum atomic E-state index is 13.2. The lowest BCUT2D eigenvalue weighted by molar-refractivity contribution is -0.122. The number of ketones is 1. The Hall–Kier alpha value is -3.28. The molecule has 0 aromatic heterocycles. The summed E-state index contributed by atoms with van der Waals surface area (Å²) in [7, 11) is 1.60. The quantitative estimate of drug-likeness (QED) is 0.756. The fourth-order valence-electron chi connectivity index (χ4n) is 4.48. The van der Waals surface area contributed by atoms with Crippen LogP contribution in [0.25, 0.3) is 0 Å². The summed E-state index contributed by atoms with van der Waals surface area (Å²) in [6.07, 6.45) is 1.21. The van der Waals surface area contributed by atoms with Crippen LogP contribution in [0.1, 0.15) is 56.1 Å². The SMILES string of the molecule is COc1cc([C@H]2CC(=O)C3=C(C2)NC(=O)C[C@@H]3c2ccc(O)cc2)ccc1OC(C)C. The monoisotopic (exact) mass is 421 g/mol. The molecule has 162 valence electrons. The highest BCUT2D eigenvalue weighted by molar-refractivity contribution is 6.02. The van der Waals surface area contributed by atoms with Crippen molar-refractivity contribution in [1.82, 2.24) is 5.32 Å². The highest BCUT2D eigenvalue weighted by atomic mass is 16.5. The van der Waals surface area contributed by atoms with Gasteiger partial charge >= 0.3 is 0 Å². The Labute approximate surface area is 181 Å². The number of hydrogen-bond acceptors (Lipinski definition) is 5. The minimum absolute atomic E-state index is 0.0259. The molecule has 0 fully saturated rings. The van der Waals surface area contributed by atoms with E-state index in [2.05, 4.69) is 5.32 Å². The molecule has 1 aliphatic heterocycles. The molecule has 4 rings (SSSR count). The number of aromatic hydroxyl groups is 1. The number of nitrogens with one attached hydrogen (secondary N) is 1. The molecule has 31 heavy (non-hydrogen) atoms. The van der Waals surface area contributed by atoms with E-state index in [0.29, 0.717) is 35.6 Å². The molecule has 1 aliphatic carbocycles. The number of benzene rings is 2. The Morgan fingerprint density at radius 1 is 0.968 bits per heavy atom. The van der Waals surface area contributed by atoms with Gasteiger partial charge in [-0.1, -0.05) is 18.2 Å². The summed E-state index contributed by atoms with van der Waals surface area (Å²) >= 11 is 0. The Morgan fingerprint density at radius 3 is 2.35 bits per heavy atom. The Balaban J connectivity index is 1.65. The highest BCUT2D eigenvalue weighted by Gasteiger charge is 2.38. The van der Waals surface area contributed by atoms with Gasteiger partial charge in [-0.05, 0) is 61.6 Å². The summed E-state index contributed by atoms with van der Waals surface area (Å²) in [5, 5.41) is 12.5. The number of phenolic OH excluding ortho intramolecular Hbond substituents is 1. The van der Waals surface area contributed by atoms with E-state index >= 15 is 0 Å². The van der Waals surface area contributed by atoms with Crippen molar-refractivity contribution in [2.24, 2.45) is 0 Å². The fraction of sp³-hybridized carbons (Fsp3) is 0.360. The molecule has 1 heterocycles. The zero-order valence-corrected chi connectivity index (χ0v) is 18.0. The molecule has 0 radical (unpaired) electrons. The minimum Gasteiger partial charge on any atom is -0.508 e. The van der Waals surface area contributed by atoms with Gasteiger partial charge in [0.05, 0.1) is 13.2 Å². The lowest BCUT2D eigenvalue weighted by Crippen LogP contribution is -2.38. The summed E-state index contributed by atoms with van der Waals surface area (Å²) in [5.41, 5.74) is 3.24. The van der Waals surface area contributed by atoms with Crippen molar-refractivity contribution in [3.8, 4) is 17.2 Å². The molecule has 2 aliphatic rings. The number of carbonyl (C=O) groups excluding carboxylic acids is 2. The van der Waals surface area contributed by atoms with Crippen molar-refractivity contribution in [2.45, 2.75) is 51.0 Å². The van der Waals surface area contributed by atoms with Crippen LogP contribution in [-0.4, -0.2) is 30.0 Å². The second kappa shape index (κ2) is 8.46. The molecular formula is C25H27NO5. The van der Waals surface area contributed by atoms with Gasteiger partial charge in [-0.3, -0.25) is 9.59 Å². The van der Waals surface area contributed by atoms with Gasteiger partial charge in [0, 0.05) is 30.0 Å². The molecule has 0 bridgehead atoms. The van der Waals surface area contributed by atoms with Gasteiger partial charge < -0.3 is 19.9 Å². The number of amides is 1. The van der Waals surface area contributed by atoms with Gasteiger partial charge in [-0.15, -0.1) is 0 Å². The molecule has 2 aromatic carbocycles. The normalized spacial score (nSPS) is 21.0. The van der Waals surface area contributed by atoms with E-state index in [9.17, 15) is 14.7 Å². The molecule has 0 saturated carbocycles. The third-order valence-corrected chi connectivity index (χ3v) is 5.85. The summed E-state index contributed by atoms with van der Waals surface area (Å²) < 4.78 is 11.3.